The zero-order valence-electron chi connectivity index (χ0n) is 17.8. The molecular weight excluding hydrogens is 406 g/mol. The minimum Gasteiger partial charge on any atom is -0.325 e. The van der Waals surface area contributed by atoms with Crippen LogP contribution in [0.5, 0.6) is 0 Å². The first-order valence-corrected chi connectivity index (χ1v) is 10.8. The van der Waals surface area contributed by atoms with Gasteiger partial charge in [-0.15, -0.1) is 10.2 Å². The molecule has 5 rings (SSSR count). The largest absolute Gasteiger partial charge is 0.325 e. The minimum atomic E-state index is -0.444. The molecule has 3 heterocycles. The maximum absolute atomic E-state index is 12.7. The van der Waals surface area contributed by atoms with Crippen LogP contribution in [0.3, 0.4) is 0 Å². The van der Waals surface area contributed by atoms with Crippen LogP contribution in [0.25, 0.3) is 11.4 Å². The molecule has 8 nitrogen and oxygen atoms in total. The predicted octanol–water partition coefficient (Wildman–Crippen LogP) is 3.21. The maximum atomic E-state index is 12.7. The Morgan fingerprint density at radius 2 is 1.84 bits per heavy atom. The molecular formula is C24H23N5O3. The highest BCUT2D eigenvalue weighted by Gasteiger charge is 2.36. The zero-order valence-corrected chi connectivity index (χ0v) is 17.8. The average Bonchev–Trinajstić information content (AvgIpc) is 3.17. The number of fused-ring (bicyclic) bond motifs is 2. The molecule has 0 spiro atoms. The van der Waals surface area contributed by atoms with E-state index in [4.69, 9.17) is 0 Å². The van der Waals surface area contributed by atoms with Gasteiger partial charge in [-0.25, -0.2) is 0 Å². The molecule has 0 unspecified atom stereocenters. The molecule has 3 amide bonds. The minimum absolute atomic E-state index is 0.336. The van der Waals surface area contributed by atoms with E-state index in [2.05, 4.69) is 20.1 Å². The van der Waals surface area contributed by atoms with Crippen LogP contribution >= 0.6 is 0 Å². The highest BCUT2D eigenvalue weighted by molar-refractivity contribution is 6.22. The van der Waals surface area contributed by atoms with Gasteiger partial charge in [0.25, 0.3) is 11.8 Å². The van der Waals surface area contributed by atoms with E-state index in [0.29, 0.717) is 16.8 Å². The number of benzene rings is 2. The fraction of sp³-hybridized carbons (Fsp3) is 0.292. The number of hydrogen-bond acceptors (Lipinski definition) is 5. The van der Waals surface area contributed by atoms with Crippen molar-refractivity contribution in [3.63, 3.8) is 0 Å². The van der Waals surface area contributed by atoms with Crippen LogP contribution in [-0.4, -0.2) is 43.9 Å². The number of carbonyl (C=O) groups is 3. The van der Waals surface area contributed by atoms with Gasteiger partial charge in [-0.1, -0.05) is 30.2 Å². The Kier molecular flexibility index (Phi) is 5.05. The number of aromatic nitrogens is 3. The number of nitrogens with one attached hydrogen (secondary N) is 1. The number of carbonyl (C=O) groups excluding carboxylic acids is 3. The summed E-state index contributed by atoms with van der Waals surface area (Å²) in [5.41, 5.74) is 3.00. The van der Waals surface area contributed by atoms with Crippen molar-refractivity contribution < 1.29 is 14.4 Å². The lowest BCUT2D eigenvalue weighted by molar-refractivity contribution is -0.116. The van der Waals surface area contributed by atoms with E-state index in [9.17, 15) is 14.4 Å². The summed E-state index contributed by atoms with van der Waals surface area (Å²) < 4.78 is 2.15. The van der Waals surface area contributed by atoms with Crippen LogP contribution in [0, 0.1) is 6.92 Å². The van der Waals surface area contributed by atoms with Crippen LogP contribution in [0.2, 0.25) is 0 Å². The second-order valence-electron chi connectivity index (χ2n) is 8.28. The van der Waals surface area contributed by atoms with Gasteiger partial charge in [0.05, 0.1) is 11.1 Å². The van der Waals surface area contributed by atoms with E-state index in [1.807, 2.05) is 25.1 Å². The van der Waals surface area contributed by atoms with E-state index in [1.54, 1.807) is 24.3 Å². The van der Waals surface area contributed by atoms with Crippen molar-refractivity contribution in [3.8, 4) is 11.4 Å². The van der Waals surface area contributed by atoms with Gasteiger partial charge in [0.1, 0.15) is 12.4 Å². The Morgan fingerprint density at radius 3 is 2.72 bits per heavy atom. The fourth-order valence-corrected chi connectivity index (χ4v) is 4.33. The van der Waals surface area contributed by atoms with Crippen LogP contribution in [0.1, 0.15) is 51.4 Å². The Balaban J connectivity index is 1.32. The van der Waals surface area contributed by atoms with Gasteiger partial charge in [0, 0.05) is 24.2 Å². The topological polar surface area (TPSA) is 97.2 Å². The number of anilines is 1. The summed E-state index contributed by atoms with van der Waals surface area (Å²) >= 11 is 0. The molecule has 0 saturated carbocycles. The van der Waals surface area contributed by atoms with Gasteiger partial charge in [0.15, 0.2) is 5.82 Å². The molecule has 1 N–H and O–H groups in total. The number of amides is 3. The summed E-state index contributed by atoms with van der Waals surface area (Å²) in [7, 11) is 0. The van der Waals surface area contributed by atoms with Crippen molar-refractivity contribution in [2.24, 2.45) is 0 Å². The van der Waals surface area contributed by atoms with Crippen LogP contribution in [0.4, 0.5) is 5.69 Å². The average molecular weight is 429 g/mol. The first-order chi connectivity index (χ1) is 15.5. The van der Waals surface area contributed by atoms with Gasteiger partial charge in [-0.05, 0) is 44.0 Å². The molecule has 0 atom stereocenters. The van der Waals surface area contributed by atoms with Gasteiger partial charge < -0.3 is 9.88 Å². The summed E-state index contributed by atoms with van der Waals surface area (Å²) in [6, 6.07) is 12.5. The zero-order chi connectivity index (χ0) is 22.2. The molecule has 0 fully saturated rings. The summed E-state index contributed by atoms with van der Waals surface area (Å²) in [6.45, 7) is 2.40. The van der Waals surface area contributed by atoms with Crippen LogP contribution in [0.15, 0.2) is 42.5 Å². The molecule has 2 aliphatic rings. The van der Waals surface area contributed by atoms with Gasteiger partial charge in [0.2, 0.25) is 5.91 Å². The normalized spacial score (nSPS) is 15.3. The Bertz CT molecular complexity index is 1250. The fourth-order valence-electron chi connectivity index (χ4n) is 4.33. The quantitative estimate of drug-likeness (QED) is 0.643. The van der Waals surface area contributed by atoms with Crippen LogP contribution in [-0.2, 0) is 17.8 Å². The number of nitrogens with zero attached hydrogens (tertiary/aromatic N) is 4. The second kappa shape index (κ2) is 8.03. The highest BCUT2D eigenvalue weighted by Crippen LogP contribution is 2.26. The van der Waals surface area contributed by atoms with Gasteiger partial charge >= 0.3 is 0 Å². The number of aryl methyl sites for hydroxylation is 2. The summed E-state index contributed by atoms with van der Waals surface area (Å²) in [5.74, 6) is 0.457. The van der Waals surface area contributed by atoms with Crippen molar-refractivity contribution in [2.45, 2.75) is 39.2 Å². The molecule has 1 aromatic heterocycles. The van der Waals surface area contributed by atoms with Gasteiger partial charge in [-0.2, -0.15) is 0 Å². The van der Waals surface area contributed by atoms with E-state index in [0.717, 1.165) is 53.5 Å². The predicted molar refractivity (Wildman–Crippen MR) is 118 cm³/mol. The Morgan fingerprint density at radius 1 is 1.00 bits per heavy atom. The molecule has 3 aromatic rings. The Labute approximate surface area is 185 Å². The molecule has 32 heavy (non-hydrogen) atoms. The molecule has 0 saturated heterocycles. The lowest BCUT2D eigenvalue weighted by Crippen LogP contribution is -2.37. The third-order valence-corrected chi connectivity index (χ3v) is 5.94. The first kappa shape index (κ1) is 20.1. The molecule has 2 aromatic carbocycles. The van der Waals surface area contributed by atoms with E-state index in [-0.39, 0.29) is 6.54 Å². The van der Waals surface area contributed by atoms with Crippen molar-refractivity contribution in [3.05, 3.63) is 65.0 Å². The van der Waals surface area contributed by atoms with Crippen molar-refractivity contribution in [1.82, 2.24) is 19.7 Å². The highest BCUT2D eigenvalue weighted by atomic mass is 16.2. The van der Waals surface area contributed by atoms with Crippen LogP contribution < -0.4 is 5.32 Å². The third-order valence-electron chi connectivity index (χ3n) is 5.94. The summed E-state index contributed by atoms with van der Waals surface area (Å²) in [5, 5.41) is 11.5. The van der Waals surface area contributed by atoms with Crippen molar-refractivity contribution in [1.29, 1.82) is 0 Å². The first-order valence-electron chi connectivity index (χ1n) is 10.8. The van der Waals surface area contributed by atoms with E-state index >= 15 is 0 Å². The molecule has 162 valence electrons. The molecule has 2 aliphatic heterocycles. The standard InChI is InChI=1S/C24H23N5O3/c1-15-9-10-18-19(12-15)24(32)29(23(18)31)14-21(30)25-17-7-5-6-16(13-17)22-27-26-20-8-3-2-4-11-28(20)22/h5-7,9-10,12-13H,2-4,8,11,14H2,1H3,(H,25,30). The van der Waals surface area contributed by atoms with Crippen molar-refractivity contribution >= 4 is 23.4 Å². The molecule has 0 aliphatic carbocycles. The molecule has 8 heteroatoms. The molecule has 0 radical (unpaired) electrons. The number of rotatable bonds is 4. The SMILES string of the molecule is Cc1ccc2c(c1)C(=O)N(CC(=O)Nc1cccc(-c3nnc4n3CCCCC4)c1)C2=O. The molecule has 0 bridgehead atoms. The lowest BCUT2D eigenvalue weighted by atomic mass is 10.1. The summed E-state index contributed by atoms with van der Waals surface area (Å²) in [4.78, 5) is 38.9. The van der Waals surface area contributed by atoms with Gasteiger partial charge in [-0.3, -0.25) is 19.3 Å². The second-order valence-corrected chi connectivity index (χ2v) is 8.28. The number of imide groups is 1. The number of hydrogen-bond donors (Lipinski definition) is 1. The summed E-state index contributed by atoms with van der Waals surface area (Å²) in [6.07, 6.45) is 4.30. The monoisotopic (exact) mass is 429 g/mol. The van der Waals surface area contributed by atoms with E-state index in [1.165, 1.54) is 6.42 Å². The maximum Gasteiger partial charge on any atom is 0.262 e. The Hall–Kier alpha value is -3.81. The van der Waals surface area contributed by atoms with E-state index < -0.39 is 17.7 Å². The third kappa shape index (κ3) is 3.57. The smallest absolute Gasteiger partial charge is 0.262 e. The lowest BCUT2D eigenvalue weighted by Gasteiger charge is -2.14. The van der Waals surface area contributed by atoms with Crippen molar-refractivity contribution in [2.75, 3.05) is 11.9 Å².